The van der Waals surface area contributed by atoms with E-state index in [2.05, 4.69) is 39.1 Å². The third-order valence-corrected chi connectivity index (χ3v) is 8.19. The van der Waals surface area contributed by atoms with Gasteiger partial charge in [-0.3, -0.25) is 4.79 Å². The Labute approximate surface area is 208 Å². The van der Waals surface area contributed by atoms with Crippen molar-refractivity contribution in [2.24, 2.45) is 11.8 Å². The number of nitrogens with zero attached hydrogens (tertiary/aromatic N) is 4. The van der Waals surface area contributed by atoms with Crippen LogP contribution < -0.4 is 4.90 Å². The molecule has 1 aromatic carbocycles. The van der Waals surface area contributed by atoms with Crippen LogP contribution in [0.5, 0.6) is 0 Å². The Hall–Kier alpha value is -2.51. The predicted octanol–water partition coefficient (Wildman–Crippen LogP) is 4.03. The van der Waals surface area contributed by atoms with Crippen molar-refractivity contribution in [1.82, 2.24) is 14.9 Å². The van der Waals surface area contributed by atoms with Gasteiger partial charge in [-0.25, -0.2) is 9.97 Å². The largest absolute Gasteiger partial charge is 0.379 e. The van der Waals surface area contributed by atoms with Crippen LogP contribution in [0.15, 0.2) is 30.6 Å². The van der Waals surface area contributed by atoms with Gasteiger partial charge in [0.15, 0.2) is 0 Å². The molecule has 0 N–H and O–H groups in total. The number of aryl methyl sites for hydroxylation is 1. The van der Waals surface area contributed by atoms with Gasteiger partial charge in [0, 0.05) is 45.5 Å². The first-order valence-corrected chi connectivity index (χ1v) is 13.2. The summed E-state index contributed by atoms with van der Waals surface area (Å²) in [6.07, 6.45) is 8.24. The summed E-state index contributed by atoms with van der Waals surface area (Å²) in [4.78, 5) is 26.9. The minimum atomic E-state index is 0.0423. The fraction of sp³-hybridized carbons (Fsp3) is 0.607. The van der Waals surface area contributed by atoms with E-state index in [9.17, 15) is 4.79 Å². The highest BCUT2D eigenvalue weighted by Gasteiger charge is 2.32. The number of carbonyl (C=O) groups is 1. The number of likely N-dealkylation sites (tertiary alicyclic amines) is 1. The molecule has 2 atom stereocenters. The highest BCUT2D eigenvalue weighted by molar-refractivity contribution is 5.94. The van der Waals surface area contributed by atoms with Gasteiger partial charge in [0.2, 0.25) is 0 Å². The molecule has 1 aromatic heterocycles. The molecule has 35 heavy (non-hydrogen) atoms. The van der Waals surface area contributed by atoms with Gasteiger partial charge in [-0.1, -0.05) is 24.3 Å². The van der Waals surface area contributed by atoms with E-state index in [1.807, 2.05) is 11.8 Å². The van der Waals surface area contributed by atoms with Gasteiger partial charge in [0.1, 0.15) is 17.8 Å². The Kier molecular flexibility index (Phi) is 7.63. The van der Waals surface area contributed by atoms with E-state index < -0.39 is 0 Å². The third kappa shape index (κ3) is 5.36. The molecule has 0 spiro atoms. The SMILES string of the molecule is COC1COCCC1CC1CCN(C(=O)c2ncnc(N3CCCc4ccccc4C3)c2C)CC1. The van der Waals surface area contributed by atoms with E-state index in [1.54, 1.807) is 13.4 Å². The molecule has 2 saturated heterocycles. The lowest BCUT2D eigenvalue weighted by Crippen LogP contribution is -2.41. The van der Waals surface area contributed by atoms with Crippen LogP contribution >= 0.6 is 0 Å². The maximum Gasteiger partial charge on any atom is 0.272 e. The zero-order valence-electron chi connectivity index (χ0n) is 21.1. The number of piperidine rings is 1. The van der Waals surface area contributed by atoms with Crippen molar-refractivity contribution in [2.75, 3.05) is 44.9 Å². The molecule has 0 saturated carbocycles. The zero-order chi connectivity index (χ0) is 24.2. The highest BCUT2D eigenvalue weighted by Crippen LogP contribution is 2.32. The van der Waals surface area contributed by atoms with Gasteiger partial charge in [-0.2, -0.15) is 0 Å². The Morgan fingerprint density at radius 3 is 2.71 bits per heavy atom. The number of ether oxygens (including phenoxy) is 2. The molecule has 5 rings (SSSR count). The second kappa shape index (κ2) is 11.0. The van der Waals surface area contributed by atoms with Gasteiger partial charge in [0.25, 0.3) is 5.91 Å². The maximum atomic E-state index is 13.5. The van der Waals surface area contributed by atoms with E-state index in [1.165, 1.54) is 11.1 Å². The maximum absolute atomic E-state index is 13.5. The summed E-state index contributed by atoms with van der Waals surface area (Å²) < 4.78 is 11.2. The van der Waals surface area contributed by atoms with E-state index in [0.29, 0.717) is 24.1 Å². The van der Waals surface area contributed by atoms with Crippen molar-refractivity contribution in [3.05, 3.63) is 53.0 Å². The summed E-state index contributed by atoms with van der Waals surface area (Å²) in [6, 6.07) is 8.65. The molecule has 3 aliphatic heterocycles. The lowest BCUT2D eigenvalue weighted by atomic mass is 9.82. The summed E-state index contributed by atoms with van der Waals surface area (Å²) in [6.45, 7) is 6.88. The van der Waals surface area contributed by atoms with Crippen molar-refractivity contribution in [1.29, 1.82) is 0 Å². The number of carbonyl (C=O) groups excluding carboxylic acids is 1. The normalized spacial score (nSPS) is 23.6. The topological polar surface area (TPSA) is 67.8 Å². The quantitative estimate of drug-likeness (QED) is 0.646. The molecular weight excluding hydrogens is 440 g/mol. The Balaban J connectivity index is 1.23. The average Bonchev–Trinajstić information content (AvgIpc) is 3.12. The molecule has 0 radical (unpaired) electrons. The molecule has 2 aromatic rings. The minimum absolute atomic E-state index is 0.0423. The van der Waals surface area contributed by atoms with Crippen molar-refractivity contribution in [3.8, 4) is 0 Å². The second-order valence-electron chi connectivity index (χ2n) is 10.3. The van der Waals surface area contributed by atoms with Crippen molar-refractivity contribution in [3.63, 3.8) is 0 Å². The van der Waals surface area contributed by atoms with Gasteiger partial charge >= 0.3 is 0 Å². The van der Waals surface area contributed by atoms with Crippen LogP contribution in [0.2, 0.25) is 0 Å². The first-order valence-electron chi connectivity index (χ1n) is 13.2. The standard InChI is InChI=1S/C28H38N4O3/c1-20-26(29-19-30-27(20)32-12-5-8-22-6-3-4-7-24(22)17-32)28(33)31-13-9-21(10-14-31)16-23-11-15-35-18-25(23)34-2/h3-4,6-7,19,21,23,25H,5,8-18H2,1-2H3. The summed E-state index contributed by atoms with van der Waals surface area (Å²) in [5.41, 5.74) is 4.20. The van der Waals surface area contributed by atoms with Gasteiger partial charge in [0.05, 0.1) is 12.7 Å². The molecule has 2 fully saturated rings. The summed E-state index contributed by atoms with van der Waals surface area (Å²) in [7, 11) is 1.79. The Morgan fingerprint density at radius 2 is 1.91 bits per heavy atom. The van der Waals surface area contributed by atoms with Crippen molar-refractivity contribution < 1.29 is 14.3 Å². The number of amides is 1. The van der Waals surface area contributed by atoms with Crippen LogP contribution in [0.25, 0.3) is 0 Å². The van der Waals surface area contributed by atoms with E-state index >= 15 is 0 Å². The molecule has 3 aliphatic rings. The molecule has 0 bridgehead atoms. The van der Waals surface area contributed by atoms with Gasteiger partial charge < -0.3 is 19.3 Å². The molecule has 2 unspecified atom stereocenters. The molecule has 7 nitrogen and oxygen atoms in total. The minimum Gasteiger partial charge on any atom is -0.379 e. The molecule has 4 heterocycles. The third-order valence-electron chi connectivity index (χ3n) is 8.19. The molecule has 0 aliphatic carbocycles. The van der Waals surface area contributed by atoms with Gasteiger partial charge in [-0.05, 0) is 68.4 Å². The lowest BCUT2D eigenvalue weighted by Gasteiger charge is -2.37. The van der Waals surface area contributed by atoms with Gasteiger partial charge in [-0.15, -0.1) is 0 Å². The van der Waals surface area contributed by atoms with Crippen LogP contribution in [0.4, 0.5) is 5.82 Å². The molecule has 1 amide bonds. The summed E-state index contributed by atoms with van der Waals surface area (Å²) >= 11 is 0. The Bertz CT molecular complexity index is 1020. The number of hydrogen-bond acceptors (Lipinski definition) is 6. The lowest BCUT2D eigenvalue weighted by molar-refractivity contribution is -0.0725. The summed E-state index contributed by atoms with van der Waals surface area (Å²) in [5.74, 6) is 2.13. The number of methoxy groups -OCH3 is 1. The number of fused-ring (bicyclic) bond motifs is 1. The monoisotopic (exact) mass is 478 g/mol. The van der Waals surface area contributed by atoms with E-state index in [0.717, 1.165) is 82.7 Å². The smallest absolute Gasteiger partial charge is 0.272 e. The highest BCUT2D eigenvalue weighted by atomic mass is 16.5. The number of hydrogen-bond donors (Lipinski definition) is 0. The van der Waals surface area contributed by atoms with E-state index in [-0.39, 0.29) is 12.0 Å². The Morgan fingerprint density at radius 1 is 1.11 bits per heavy atom. The number of aromatic nitrogens is 2. The van der Waals surface area contributed by atoms with Crippen LogP contribution in [-0.4, -0.2) is 66.8 Å². The van der Waals surface area contributed by atoms with E-state index in [4.69, 9.17) is 9.47 Å². The average molecular weight is 479 g/mol. The second-order valence-corrected chi connectivity index (χ2v) is 10.3. The number of rotatable bonds is 5. The first kappa shape index (κ1) is 24.2. The van der Waals surface area contributed by atoms with Crippen LogP contribution in [0.3, 0.4) is 0 Å². The molecule has 188 valence electrons. The number of benzene rings is 1. The summed E-state index contributed by atoms with van der Waals surface area (Å²) in [5, 5.41) is 0. The van der Waals surface area contributed by atoms with Crippen LogP contribution in [-0.2, 0) is 22.4 Å². The van der Waals surface area contributed by atoms with Crippen LogP contribution in [0, 0.1) is 18.8 Å². The van der Waals surface area contributed by atoms with Crippen molar-refractivity contribution in [2.45, 2.75) is 58.1 Å². The van der Waals surface area contributed by atoms with Crippen LogP contribution in [0.1, 0.15) is 59.3 Å². The van der Waals surface area contributed by atoms with Crippen molar-refractivity contribution >= 4 is 11.7 Å². The molecular formula is C28H38N4O3. The predicted molar refractivity (Wildman–Crippen MR) is 136 cm³/mol. The fourth-order valence-electron chi connectivity index (χ4n) is 6.09. The molecule has 7 heteroatoms. The number of anilines is 1. The zero-order valence-corrected chi connectivity index (χ0v) is 21.1. The first-order chi connectivity index (χ1) is 17.1. The fourth-order valence-corrected chi connectivity index (χ4v) is 6.09.